The number of aliphatic hydroxyl groups is 1. The van der Waals surface area contributed by atoms with E-state index in [2.05, 4.69) is 65.4 Å². The molecular weight excluding hydrogens is 396 g/mol. The number of benzene rings is 2. The van der Waals surface area contributed by atoms with Gasteiger partial charge in [-0.2, -0.15) is 0 Å². The van der Waals surface area contributed by atoms with Gasteiger partial charge in [-0.3, -0.25) is 0 Å². The number of aromatic nitrogens is 2. The molecule has 1 heterocycles. The zero-order valence-electron chi connectivity index (χ0n) is 18.8. The lowest BCUT2D eigenvalue weighted by Crippen LogP contribution is -2.51. The monoisotopic (exact) mass is 428 g/mol. The smallest absolute Gasteiger partial charge is 0.321 e. The van der Waals surface area contributed by atoms with Crippen molar-refractivity contribution in [1.29, 1.82) is 0 Å². The van der Waals surface area contributed by atoms with Crippen molar-refractivity contribution in [3.05, 3.63) is 83.7 Å². The fourth-order valence-corrected chi connectivity index (χ4v) is 6.23. The first-order valence-electron chi connectivity index (χ1n) is 11.9. The molecule has 4 heteroatoms. The van der Waals surface area contributed by atoms with Crippen LogP contribution in [0.1, 0.15) is 62.1 Å². The average Bonchev–Trinajstić information content (AvgIpc) is 2.81. The summed E-state index contributed by atoms with van der Waals surface area (Å²) >= 11 is 0. The van der Waals surface area contributed by atoms with Crippen molar-refractivity contribution in [3.63, 3.8) is 0 Å². The standard InChI is InChI=1S/C28H32N2O2/c1-2-13-27(31)14-15-28(19-21-7-4-3-5-8-21)23(20-27)10-9-22-18-24(11-12-25(22)28)32-26-29-16-6-17-30-26/h3-8,11-12,16-18,23,31H,2,9-10,13-15,19-20H2,1H3/t23-,27-,28+/m1/s1. The molecule has 3 atom stereocenters. The third-order valence-electron chi connectivity index (χ3n) is 7.65. The molecule has 1 aromatic heterocycles. The van der Waals surface area contributed by atoms with Crippen LogP contribution < -0.4 is 4.74 Å². The van der Waals surface area contributed by atoms with Crippen molar-refractivity contribution in [2.45, 2.75) is 69.3 Å². The maximum atomic E-state index is 11.3. The molecule has 5 rings (SSSR count). The van der Waals surface area contributed by atoms with Gasteiger partial charge in [0, 0.05) is 17.8 Å². The summed E-state index contributed by atoms with van der Waals surface area (Å²) in [5, 5.41) is 11.3. The molecule has 0 radical (unpaired) electrons. The maximum absolute atomic E-state index is 11.3. The minimum absolute atomic E-state index is 0.0662. The average molecular weight is 429 g/mol. The normalized spacial score (nSPS) is 26.8. The van der Waals surface area contributed by atoms with Crippen molar-refractivity contribution >= 4 is 0 Å². The van der Waals surface area contributed by atoms with E-state index in [9.17, 15) is 5.11 Å². The number of rotatable bonds is 6. The van der Waals surface area contributed by atoms with Crippen LogP contribution in [0.2, 0.25) is 0 Å². The second-order valence-electron chi connectivity index (χ2n) is 9.68. The predicted octanol–water partition coefficient (Wildman–Crippen LogP) is 6.03. The molecule has 0 unspecified atom stereocenters. The summed E-state index contributed by atoms with van der Waals surface area (Å²) in [6.07, 6.45) is 11.3. The van der Waals surface area contributed by atoms with E-state index in [1.807, 2.05) is 0 Å². The van der Waals surface area contributed by atoms with Gasteiger partial charge in [0.2, 0.25) is 0 Å². The van der Waals surface area contributed by atoms with E-state index < -0.39 is 5.60 Å². The molecule has 4 nitrogen and oxygen atoms in total. The Balaban J connectivity index is 1.51. The summed E-state index contributed by atoms with van der Waals surface area (Å²) in [5.41, 5.74) is 3.75. The molecule has 32 heavy (non-hydrogen) atoms. The van der Waals surface area contributed by atoms with Crippen LogP contribution in [0.4, 0.5) is 0 Å². The van der Waals surface area contributed by atoms with Crippen LogP contribution in [0.5, 0.6) is 11.8 Å². The molecule has 3 aromatic rings. The maximum Gasteiger partial charge on any atom is 0.321 e. The highest BCUT2D eigenvalue weighted by molar-refractivity contribution is 5.45. The minimum Gasteiger partial charge on any atom is -0.424 e. The first-order valence-corrected chi connectivity index (χ1v) is 11.9. The summed E-state index contributed by atoms with van der Waals surface area (Å²) in [5.74, 6) is 1.28. The highest BCUT2D eigenvalue weighted by Gasteiger charge is 2.51. The first kappa shape index (κ1) is 21.1. The summed E-state index contributed by atoms with van der Waals surface area (Å²) in [7, 11) is 0. The van der Waals surface area contributed by atoms with Crippen LogP contribution in [0.3, 0.4) is 0 Å². The van der Waals surface area contributed by atoms with Gasteiger partial charge in [0.05, 0.1) is 5.60 Å². The molecule has 1 fully saturated rings. The Hall–Kier alpha value is -2.72. The molecule has 2 aliphatic rings. The summed E-state index contributed by atoms with van der Waals surface area (Å²) in [6, 6.07) is 19.5. The second-order valence-corrected chi connectivity index (χ2v) is 9.68. The Labute approximate surface area is 190 Å². The lowest BCUT2D eigenvalue weighted by atomic mass is 9.52. The van der Waals surface area contributed by atoms with Crippen LogP contribution in [0.25, 0.3) is 0 Å². The van der Waals surface area contributed by atoms with Crippen LogP contribution in [-0.2, 0) is 18.3 Å². The van der Waals surface area contributed by atoms with Crippen LogP contribution in [0, 0.1) is 5.92 Å². The Bertz CT molecular complexity index is 1060. The number of nitrogens with zero attached hydrogens (tertiary/aromatic N) is 2. The van der Waals surface area contributed by atoms with Crippen LogP contribution in [0.15, 0.2) is 67.0 Å². The Morgan fingerprint density at radius 3 is 2.62 bits per heavy atom. The fraction of sp³-hybridized carbons (Fsp3) is 0.429. The molecule has 1 saturated carbocycles. The van der Waals surface area contributed by atoms with Crippen molar-refractivity contribution in [2.75, 3.05) is 0 Å². The molecule has 0 saturated heterocycles. The topological polar surface area (TPSA) is 55.2 Å². The molecule has 0 spiro atoms. The predicted molar refractivity (Wildman–Crippen MR) is 126 cm³/mol. The Kier molecular flexibility index (Phi) is 5.73. The van der Waals surface area contributed by atoms with E-state index in [1.165, 1.54) is 16.7 Å². The van der Waals surface area contributed by atoms with E-state index in [0.29, 0.717) is 11.9 Å². The highest BCUT2D eigenvalue weighted by Crippen LogP contribution is 2.55. The van der Waals surface area contributed by atoms with E-state index in [1.54, 1.807) is 18.5 Å². The van der Waals surface area contributed by atoms with Gasteiger partial charge in [0.15, 0.2) is 0 Å². The number of ether oxygens (including phenoxy) is 1. The van der Waals surface area contributed by atoms with Gasteiger partial charge in [0.1, 0.15) is 5.75 Å². The molecule has 166 valence electrons. The van der Waals surface area contributed by atoms with Crippen LogP contribution >= 0.6 is 0 Å². The molecule has 0 amide bonds. The lowest BCUT2D eigenvalue weighted by molar-refractivity contribution is -0.0565. The lowest BCUT2D eigenvalue weighted by Gasteiger charge is -2.53. The van der Waals surface area contributed by atoms with Crippen molar-refractivity contribution in [2.24, 2.45) is 5.92 Å². The van der Waals surface area contributed by atoms with E-state index in [4.69, 9.17) is 4.74 Å². The van der Waals surface area contributed by atoms with Gasteiger partial charge in [-0.1, -0.05) is 49.7 Å². The SMILES string of the molecule is CCC[C@@]1(O)CC[C@@]2(Cc3ccccc3)c3ccc(Oc4ncccn4)cc3CC[C@@H]2C1. The van der Waals surface area contributed by atoms with E-state index in [-0.39, 0.29) is 5.41 Å². The molecule has 0 bridgehead atoms. The van der Waals surface area contributed by atoms with Gasteiger partial charge in [-0.15, -0.1) is 0 Å². The molecule has 2 aromatic carbocycles. The molecule has 2 aliphatic carbocycles. The quantitative estimate of drug-likeness (QED) is 0.521. The van der Waals surface area contributed by atoms with Crippen LogP contribution in [-0.4, -0.2) is 20.7 Å². The third kappa shape index (κ3) is 4.04. The van der Waals surface area contributed by atoms with E-state index >= 15 is 0 Å². The summed E-state index contributed by atoms with van der Waals surface area (Å²) in [6.45, 7) is 2.18. The zero-order valence-corrected chi connectivity index (χ0v) is 18.8. The molecule has 1 N–H and O–H groups in total. The first-order chi connectivity index (χ1) is 15.6. The minimum atomic E-state index is -0.509. The number of hydrogen-bond donors (Lipinski definition) is 1. The summed E-state index contributed by atoms with van der Waals surface area (Å²) in [4.78, 5) is 8.39. The number of aryl methyl sites for hydroxylation is 1. The Morgan fingerprint density at radius 2 is 1.84 bits per heavy atom. The third-order valence-corrected chi connectivity index (χ3v) is 7.65. The summed E-state index contributed by atoms with van der Waals surface area (Å²) < 4.78 is 5.93. The van der Waals surface area contributed by atoms with Gasteiger partial charge in [-0.05, 0) is 85.8 Å². The Morgan fingerprint density at radius 1 is 1.03 bits per heavy atom. The van der Waals surface area contributed by atoms with Gasteiger partial charge in [0.25, 0.3) is 0 Å². The van der Waals surface area contributed by atoms with Gasteiger partial charge < -0.3 is 9.84 Å². The van der Waals surface area contributed by atoms with E-state index in [0.717, 1.165) is 57.1 Å². The number of hydrogen-bond acceptors (Lipinski definition) is 4. The van der Waals surface area contributed by atoms with Gasteiger partial charge >= 0.3 is 6.01 Å². The van der Waals surface area contributed by atoms with Crippen molar-refractivity contribution in [1.82, 2.24) is 9.97 Å². The fourth-order valence-electron chi connectivity index (χ4n) is 6.23. The molecular formula is C28H32N2O2. The number of fused-ring (bicyclic) bond motifs is 3. The largest absolute Gasteiger partial charge is 0.424 e. The van der Waals surface area contributed by atoms with Crippen molar-refractivity contribution < 1.29 is 9.84 Å². The highest BCUT2D eigenvalue weighted by atomic mass is 16.5. The van der Waals surface area contributed by atoms with Crippen molar-refractivity contribution in [3.8, 4) is 11.8 Å². The second kappa shape index (κ2) is 8.67. The van der Waals surface area contributed by atoms with Gasteiger partial charge in [-0.25, -0.2) is 9.97 Å². The zero-order chi connectivity index (χ0) is 22.0. The molecule has 0 aliphatic heterocycles.